The summed E-state index contributed by atoms with van der Waals surface area (Å²) in [4.78, 5) is 12.1. The van der Waals surface area contributed by atoms with Crippen LogP contribution in [0.2, 0.25) is 10.0 Å². The van der Waals surface area contributed by atoms with E-state index in [0.717, 1.165) is 27.0 Å². The van der Waals surface area contributed by atoms with Crippen LogP contribution in [0.25, 0.3) is 0 Å². The summed E-state index contributed by atoms with van der Waals surface area (Å²) in [6.45, 7) is 2.42. The lowest BCUT2D eigenvalue weighted by atomic mass is 10.2. The molecule has 0 spiro atoms. The summed E-state index contributed by atoms with van der Waals surface area (Å²) in [5.74, 6) is 0.214. The molecule has 0 saturated carbocycles. The predicted octanol–water partition coefficient (Wildman–Crippen LogP) is 6.69. The highest BCUT2D eigenvalue weighted by Gasteiger charge is 2.08. The minimum absolute atomic E-state index is 0.122. The van der Waals surface area contributed by atoms with Crippen molar-refractivity contribution in [3.05, 3.63) is 86.3 Å². The minimum atomic E-state index is -0.246. The van der Waals surface area contributed by atoms with Gasteiger partial charge in [0.1, 0.15) is 5.75 Å². The van der Waals surface area contributed by atoms with E-state index >= 15 is 0 Å². The topological polar surface area (TPSA) is 50.4 Å². The van der Waals surface area contributed by atoms with Gasteiger partial charge in [-0.1, -0.05) is 41.4 Å². The molecule has 0 radical (unpaired) electrons. The molecular formula is C22H19BrCl2N2O2. The standard InChI is InChI=1S/C22H19BrCl2N2O2/c1-14-3-2-4-17(9-14)27-22(28)13-29-21-8-5-15(10-20(21)25)12-26-16-6-7-18(23)19(24)11-16/h2-11,26H,12-13H2,1H3,(H,27,28). The van der Waals surface area contributed by atoms with Gasteiger partial charge in [-0.3, -0.25) is 4.79 Å². The lowest BCUT2D eigenvalue weighted by molar-refractivity contribution is -0.118. The number of rotatable bonds is 7. The van der Waals surface area contributed by atoms with Crippen molar-refractivity contribution in [1.29, 1.82) is 0 Å². The van der Waals surface area contributed by atoms with Gasteiger partial charge in [-0.25, -0.2) is 0 Å². The van der Waals surface area contributed by atoms with Crippen LogP contribution in [-0.2, 0) is 11.3 Å². The van der Waals surface area contributed by atoms with E-state index in [1.54, 1.807) is 6.07 Å². The van der Waals surface area contributed by atoms with Crippen molar-refractivity contribution in [2.75, 3.05) is 17.2 Å². The second-order valence-corrected chi connectivity index (χ2v) is 8.12. The number of carbonyl (C=O) groups excluding carboxylic acids is 1. The SMILES string of the molecule is Cc1cccc(NC(=O)COc2ccc(CNc3ccc(Br)c(Cl)c3)cc2Cl)c1. The molecule has 1 amide bonds. The van der Waals surface area contributed by atoms with E-state index in [4.69, 9.17) is 27.9 Å². The predicted molar refractivity (Wildman–Crippen MR) is 123 cm³/mol. The maximum atomic E-state index is 12.1. The van der Waals surface area contributed by atoms with E-state index in [1.807, 2.05) is 61.5 Å². The van der Waals surface area contributed by atoms with Crippen LogP contribution in [0.1, 0.15) is 11.1 Å². The van der Waals surface area contributed by atoms with Crippen LogP contribution in [0.3, 0.4) is 0 Å². The van der Waals surface area contributed by atoms with Crippen LogP contribution < -0.4 is 15.4 Å². The molecule has 3 aromatic carbocycles. The molecule has 0 atom stereocenters. The molecule has 0 saturated heterocycles. The molecule has 3 aromatic rings. The van der Waals surface area contributed by atoms with Gasteiger partial charge in [0.15, 0.2) is 6.61 Å². The summed E-state index contributed by atoms with van der Waals surface area (Å²) in [6, 6.07) is 18.7. The van der Waals surface area contributed by atoms with Gasteiger partial charge >= 0.3 is 0 Å². The van der Waals surface area contributed by atoms with Gasteiger partial charge in [0.25, 0.3) is 5.91 Å². The second-order valence-electron chi connectivity index (χ2n) is 6.45. The lowest BCUT2D eigenvalue weighted by Gasteiger charge is -2.11. The normalized spacial score (nSPS) is 10.5. The Kier molecular flexibility index (Phi) is 7.42. The molecule has 4 nitrogen and oxygen atoms in total. The van der Waals surface area contributed by atoms with E-state index in [0.29, 0.717) is 22.3 Å². The van der Waals surface area contributed by atoms with Crippen LogP contribution in [0, 0.1) is 6.92 Å². The van der Waals surface area contributed by atoms with Gasteiger partial charge in [0, 0.05) is 22.4 Å². The third-order valence-electron chi connectivity index (χ3n) is 4.07. The first-order chi connectivity index (χ1) is 13.9. The summed E-state index contributed by atoms with van der Waals surface area (Å²) >= 11 is 15.8. The first-order valence-corrected chi connectivity index (χ1v) is 10.4. The average molecular weight is 494 g/mol. The first kappa shape index (κ1) is 21.5. The molecule has 150 valence electrons. The van der Waals surface area contributed by atoms with Gasteiger partial charge in [-0.05, 0) is 76.4 Å². The Bertz CT molecular complexity index is 1030. The number of aryl methyl sites for hydroxylation is 1. The van der Waals surface area contributed by atoms with Crippen molar-refractivity contribution in [2.24, 2.45) is 0 Å². The van der Waals surface area contributed by atoms with Crippen molar-refractivity contribution in [1.82, 2.24) is 0 Å². The van der Waals surface area contributed by atoms with Gasteiger partial charge in [-0.15, -0.1) is 0 Å². The highest BCUT2D eigenvalue weighted by atomic mass is 79.9. The quantitative estimate of drug-likeness (QED) is 0.385. The Balaban J connectivity index is 1.53. The number of nitrogens with one attached hydrogen (secondary N) is 2. The summed E-state index contributed by atoms with van der Waals surface area (Å²) < 4.78 is 6.41. The first-order valence-electron chi connectivity index (χ1n) is 8.87. The maximum Gasteiger partial charge on any atom is 0.262 e. The smallest absolute Gasteiger partial charge is 0.262 e. The monoisotopic (exact) mass is 492 g/mol. The molecule has 0 aliphatic heterocycles. The van der Waals surface area contributed by atoms with Crippen LogP contribution in [-0.4, -0.2) is 12.5 Å². The summed E-state index contributed by atoms with van der Waals surface area (Å²) in [5.41, 5.74) is 3.69. The lowest BCUT2D eigenvalue weighted by Crippen LogP contribution is -2.20. The average Bonchev–Trinajstić information content (AvgIpc) is 2.68. The van der Waals surface area contributed by atoms with E-state index in [2.05, 4.69) is 26.6 Å². The highest BCUT2D eigenvalue weighted by Crippen LogP contribution is 2.28. The van der Waals surface area contributed by atoms with Crippen LogP contribution in [0.4, 0.5) is 11.4 Å². The number of carbonyl (C=O) groups is 1. The fraction of sp³-hybridized carbons (Fsp3) is 0.136. The van der Waals surface area contributed by atoms with E-state index in [9.17, 15) is 4.79 Å². The van der Waals surface area contributed by atoms with Gasteiger partial charge in [-0.2, -0.15) is 0 Å². The molecule has 2 N–H and O–H groups in total. The van der Waals surface area contributed by atoms with Crippen LogP contribution in [0.5, 0.6) is 5.75 Å². The zero-order valence-corrected chi connectivity index (χ0v) is 18.7. The number of hydrogen-bond acceptors (Lipinski definition) is 3. The van der Waals surface area contributed by atoms with Crippen molar-refractivity contribution in [2.45, 2.75) is 13.5 Å². The zero-order chi connectivity index (χ0) is 20.8. The Hall–Kier alpha value is -2.21. The Labute approximate surface area is 188 Å². The fourth-order valence-electron chi connectivity index (χ4n) is 2.64. The van der Waals surface area contributed by atoms with E-state index in [-0.39, 0.29) is 12.5 Å². The second kappa shape index (κ2) is 10.0. The summed E-state index contributed by atoms with van der Waals surface area (Å²) in [5, 5.41) is 7.17. The third-order valence-corrected chi connectivity index (χ3v) is 5.60. The Morgan fingerprint density at radius 2 is 1.83 bits per heavy atom. The zero-order valence-electron chi connectivity index (χ0n) is 15.6. The summed E-state index contributed by atoms with van der Waals surface area (Å²) in [7, 11) is 0. The molecule has 0 heterocycles. The van der Waals surface area contributed by atoms with Crippen LogP contribution in [0.15, 0.2) is 65.1 Å². The summed E-state index contributed by atoms with van der Waals surface area (Å²) in [6.07, 6.45) is 0. The Morgan fingerprint density at radius 1 is 1.00 bits per heavy atom. The van der Waals surface area contributed by atoms with Crippen LogP contribution >= 0.6 is 39.1 Å². The van der Waals surface area contributed by atoms with E-state index in [1.165, 1.54) is 0 Å². The number of ether oxygens (including phenoxy) is 1. The fourth-order valence-corrected chi connectivity index (χ4v) is 3.33. The molecule has 0 fully saturated rings. The molecule has 3 rings (SSSR count). The Morgan fingerprint density at radius 3 is 2.55 bits per heavy atom. The molecule has 0 aromatic heterocycles. The van der Waals surface area contributed by atoms with Crippen molar-refractivity contribution >= 4 is 56.4 Å². The molecule has 0 aliphatic carbocycles. The van der Waals surface area contributed by atoms with Crippen molar-refractivity contribution in [3.63, 3.8) is 0 Å². The third kappa shape index (κ3) is 6.39. The number of hydrogen-bond donors (Lipinski definition) is 2. The van der Waals surface area contributed by atoms with Gasteiger partial charge in [0.05, 0.1) is 10.0 Å². The minimum Gasteiger partial charge on any atom is -0.482 e. The highest BCUT2D eigenvalue weighted by molar-refractivity contribution is 9.10. The number of benzene rings is 3. The molecule has 0 bridgehead atoms. The number of halogens is 3. The number of amides is 1. The number of anilines is 2. The molecule has 7 heteroatoms. The largest absolute Gasteiger partial charge is 0.482 e. The van der Waals surface area contributed by atoms with Crippen molar-refractivity contribution < 1.29 is 9.53 Å². The molecule has 0 unspecified atom stereocenters. The molecule has 0 aliphatic rings. The van der Waals surface area contributed by atoms with Crippen molar-refractivity contribution in [3.8, 4) is 5.75 Å². The van der Waals surface area contributed by atoms with Gasteiger partial charge < -0.3 is 15.4 Å². The molecule has 29 heavy (non-hydrogen) atoms. The van der Waals surface area contributed by atoms with Gasteiger partial charge in [0.2, 0.25) is 0 Å². The van der Waals surface area contributed by atoms with E-state index < -0.39 is 0 Å². The molecular weight excluding hydrogens is 475 g/mol. The maximum absolute atomic E-state index is 12.1.